The van der Waals surface area contributed by atoms with Crippen LogP contribution in [0.3, 0.4) is 0 Å². The van der Waals surface area contributed by atoms with E-state index in [1.807, 2.05) is 31.2 Å². The molecule has 1 aromatic heterocycles. The van der Waals surface area contributed by atoms with Crippen LogP contribution in [0.4, 0.5) is 5.69 Å². The van der Waals surface area contributed by atoms with E-state index in [1.54, 1.807) is 42.9 Å². The number of benzene rings is 1. The molecule has 0 unspecified atom stereocenters. The van der Waals surface area contributed by atoms with Crippen molar-refractivity contribution in [2.75, 3.05) is 5.32 Å². The zero-order valence-corrected chi connectivity index (χ0v) is 16.3. The number of pyridine rings is 2. The molecule has 0 bridgehead atoms. The predicted molar refractivity (Wildman–Crippen MR) is 113 cm³/mol. The van der Waals surface area contributed by atoms with Gasteiger partial charge in [0, 0.05) is 24.3 Å². The van der Waals surface area contributed by atoms with Gasteiger partial charge in [-0.15, -0.1) is 0 Å². The number of nitrogens with one attached hydrogen (secondary N) is 1. The van der Waals surface area contributed by atoms with Crippen molar-refractivity contribution in [1.29, 1.82) is 0 Å². The van der Waals surface area contributed by atoms with Crippen LogP contribution < -0.4 is 16.6 Å². The molecule has 0 radical (unpaired) electrons. The first kappa shape index (κ1) is 19.3. The standard InChI is InChI=1S/C22H19N5O3/c1-15-4-6-17(7-5-15)24-19(28)14-26-12-2-3-18-20(26)25-22(30)27(21(18)29)13-16-8-10-23-11-9-16/h2-12H,13-14H2,1H3,(H,24,28). The van der Waals surface area contributed by atoms with Gasteiger partial charge in [-0.25, -0.2) is 4.79 Å². The molecule has 0 atom stereocenters. The molecule has 0 saturated carbocycles. The van der Waals surface area contributed by atoms with Gasteiger partial charge in [0.05, 0.1) is 12.1 Å². The third kappa shape index (κ3) is 4.02. The Morgan fingerprint density at radius 3 is 2.50 bits per heavy atom. The van der Waals surface area contributed by atoms with Crippen LogP contribution in [0, 0.1) is 6.92 Å². The maximum Gasteiger partial charge on any atom is 0.352 e. The highest BCUT2D eigenvalue weighted by atomic mass is 16.2. The van der Waals surface area contributed by atoms with Gasteiger partial charge in [-0.05, 0) is 48.9 Å². The molecule has 2 aliphatic heterocycles. The number of carbonyl (C=O) groups is 1. The Bertz CT molecular complexity index is 1280. The summed E-state index contributed by atoms with van der Waals surface area (Å²) in [6.07, 6.45) is 4.82. The van der Waals surface area contributed by atoms with Crippen LogP contribution in [-0.2, 0) is 17.9 Å². The molecule has 0 fully saturated rings. The van der Waals surface area contributed by atoms with Crippen molar-refractivity contribution >= 4 is 11.6 Å². The van der Waals surface area contributed by atoms with Crippen LogP contribution in [0.1, 0.15) is 11.1 Å². The maximum absolute atomic E-state index is 12.9. The number of amides is 1. The Morgan fingerprint density at radius 2 is 1.77 bits per heavy atom. The second kappa shape index (κ2) is 8.12. The predicted octanol–water partition coefficient (Wildman–Crippen LogP) is 1.90. The quantitative estimate of drug-likeness (QED) is 0.551. The number of carbonyl (C=O) groups excluding carboxylic acids is 1. The van der Waals surface area contributed by atoms with Gasteiger partial charge in [-0.1, -0.05) is 17.7 Å². The van der Waals surface area contributed by atoms with Gasteiger partial charge in [0.2, 0.25) is 5.91 Å². The van der Waals surface area contributed by atoms with Crippen molar-refractivity contribution in [2.24, 2.45) is 0 Å². The van der Waals surface area contributed by atoms with E-state index < -0.39 is 11.2 Å². The highest BCUT2D eigenvalue weighted by Gasteiger charge is 2.18. The molecule has 8 heteroatoms. The molecule has 2 aliphatic rings. The number of anilines is 1. The average Bonchev–Trinajstić information content (AvgIpc) is 2.74. The fourth-order valence-electron chi connectivity index (χ4n) is 3.15. The summed E-state index contributed by atoms with van der Waals surface area (Å²) in [4.78, 5) is 45.9. The van der Waals surface area contributed by atoms with E-state index in [-0.39, 0.29) is 30.4 Å². The Morgan fingerprint density at radius 1 is 1.03 bits per heavy atom. The van der Waals surface area contributed by atoms with Gasteiger partial charge >= 0.3 is 5.69 Å². The van der Waals surface area contributed by atoms with E-state index in [2.05, 4.69) is 15.3 Å². The van der Waals surface area contributed by atoms with Crippen molar-refractivity contribution in [3.05, 3.63) is 99.1 Å². The van der Waals surface area contributed by atoms with Crippen molar-refractivity contribution < 1.29 is 4.79 Å². The molecule has 0 spiro atoms. The summed E-state index contributed by atoms with van der Waals surface area (Å²) in [6, 6.07) is 14.1. The Hall–Kier alpha value is -4.07. The molecule has 4 rings (SSSR count). The fourth-order valence-corrected chi connectivity index (χ4v) is 3.15. The lowest BCUT2D eigenvalue weighted by molar-refractivity contribution is -0.116. The topological polar surface area (TPSA) is 98.9 Å². The molecule has 0 saturated heterocycles. The average molecular weight is 401 g/mol. The fraction of sp³-hybridized carbons (Fsp3) is 0.136. The smallest absolute Gasteiger partial charge is 0.325 e. The summed E-state index contributed by atoms with van der Waals surface area (Å²) in [5.41, 5.74) is 1.69. The van der Waals surface area contributed by atoms with Crippen molar-refractivity contribution in [3.8, 4) is 11.4 Å². The largest absolute Gasteiger partial charge is 0.352 e. The van der Waals surface area contributed by atoms with Crippen LogP contribution >= 0.6 is 0 Å². The first-order valence-electron chi connectivity index (χ1n) is 9.37. The van der Waals surface area contributed by atoms with Crippen LogP contribution in [0.5, 0.6) is 0 Å². The Balaban J connectivity index is 1.63. The lowest BCUT2D eigenvalue weighted by Gasteiger charge is -2.15. The zero-order chi connectivity index (χ0) is 21.1. The summed E-state index contributed by atoms with van der Waals surface area (Å²) in [5, 5.41) is 2.80. The second-order valence-electron chi connectivity index (χ2n) is 6.93. The number of aromatic nitrogens is 4. The summed E-state index contributed by atoms with van der Waals surface area (Å²) < 4.78 is 2.58. The summed E-state index contributed by atoms with van der Waals surface area (Å²) >= 11 is 0. The number of hydrogen-bond donors (Lipinski definition) is 1. The third-order valence-electron chi connectivity index (χ3n) is 4.69. The molecule has 1 aromatic carbocycles. The molecular weight excluding hydrogens is 382 g/mol. The van der Waals surface area contributed by atoms with Gasteiger partial charge in [-0.2, -0.15) is 4.98 Å². The SMILES string of the molecule is Cc1ccc(NC(=O)Cn2cccc3c(=O)n(Cc4ccncc4)c(=O)nc2-3)cc1. The lowest BCUT2D eigenvalue weighted by atomic mass is 10.2. The highest BCUT2D eigenvalue weighted by molar-refractivity contribution is 5.90. The molecule has 3 heterocycles. The maximum atomic E-state index is 12.9. The van der Waals surface area contributed by atoms with E-state index in [9.17, 15) is 14.4 Å². The van der Waals surface area contributed by atoms with Crippen LogP contribution in [0.15, 0.2) is 76.7 Å². The highest BCUT2D eigenvalue weighted by Crippen LogP contribution is 2.14. The van der Waals surface area contributed by atoms with E-state index in [0.29, 0.717) is 5.69 Å². The van der Waals surface area contributed by atoms with Crippen LogP contribution in [-0.4, -0.2) is 25.0 Å². The molecular formula is C22H19N5O3. The van der Waals surface area contributed by atoms with E-state index in [4.69, 9.17) is 0 Å². The van der Waals surface area contributed by atoms with Gasteiger partial charge in [-0.3, -0.25) is 19.1 Å². The number of rotatable bonds is 5. The number of fused-ring (bicyclic) bond motifs is 1. The van der Waals surface area contributed by atoms with Gasteiger partial charge < -0.3 is 9.88 Å². The van der Waals surface area contributed by atoms with Gasteiger partial charge in [0.25, 0.3) is 5.56 Å². The lowest BCUT2D eigenvalue weighted by Crippen LogP contribution is -2.38. The molecule has 1 amide bonds. The van der Waals surface area contributed by atoms with E-state index in [0.717, 1.165) is 15.7 Å². The Kier molecular flexibility index (Phi) is 5.21. The number of aryl methyl sites for hydroxylation is 1. The third-order valence-corrected chi connectivity index (χ3v) is 4.69. The van der Waals surface area contributed by atoms with E-state index >= 15 is 0 Å². The normalized spacial score (nSPS) is 10.8. The minimum Gasteiger partial charge on any atom is -0.325 e. The van der Waals surface area contributed by atoms with Crippen molar-refractivity contribution in [3.63, 3.8) is 0 Å². The van der Waals surface area contributed by atoms with Crippen molar-refractivity contribution in [2.45, 2.75) is 20.0 Å². The summed E-state index contributed by atoms with van der Waals surface area (Å²) in [6.45, 7) is 1.99. The second-order valence-corrected chi connectivity index (χ2v) is 6.93. The van der Waals surface area contributed by atoms with Gasteiger partial charge in [0.1, 0.15) is 6.54 Å². The van der Waals surface area contributed by atoms with E-state index in [1.165, 1.54) is 4.57 Å². The van der Waals surface area contributed by atoms with Crippen molar-refractivity contribution in [1.82, 2.24) is 19.1 Å². The summed E-state index contributed by atoms with van der Waals surface area (Å²) in [7, 11) is 0. The monoisotopic (exact) mass is 401 g/mol. The number of nitrogens with zero attached hydrogens (tertiary/aromatic N) is 4. The van der Waals surface area contributed by atoms with Gasteiger partial charge in [0.15, 0.2) is 5.82 Å². The zero-order valence-electron chi connectivity index (χ0n) is 16.3. The minimum atomic E-state index is -0.664. The first-order valence-corrected chi connectivity index (χ1v) is 9.37. The van der Waals surface area contributed by atoms with Crippen LogP contribution in [0.25, 0.3) is 11.4 Å². The molecule has 1 N–H and O–H groups in total. The van der Waals surface area contributed by atoms with Crippen LogP contribution in [0.2, 0.25) is 0 Å². The molecule has 2 aromatic rings. The molecule has 8 nitrogen and oxygen atoms in total. The number of hydrogen-bond acceptors (Lipinski definition) is 5. The molecule has 150 valence electrons. The minimum absolute atomic E-state index is 0.0779. The molecule has 0 aliphatic carbocycles. The Labute approximate surface area is 171 Å². The first-order chi connectivity index (χ1) is 14.5. The molecule has 30 heavy (non-hydrogen) atoms. The summed E-state index contributed by atoms with van der Waals surface area (Å²) in [5.74, 6) is -0.107.